The van der Waals surface area contributed by atoms with Crippen LogP contribution in [0.1, 0.15) is 84.5 Å². The van der Waals surface area contributed by atoms with Gasteiger partial charge in [-0.3, -0.25) is 0 Å². The standard InChI is InChI=1S/C20H36N2S2/c1-3-5-6-7-8-9-12-20(23-17-11-19(4-2)24-20)13-10-15-22-16-14-21-18-22/h14,16,18-19H,3-13,15,17H2,1-2H3. The summed E-state index contributed by atoms with van der Waals surface area (Å²) in [6, 6.07) is 0. The van der Waals surface area contributed by atoms with Gasteiger partial charge in [-0.25, -0.2) is 4.98 Å². The van der Waals surface area contributed by atoms with Crippen molar-refractivity contribution in [3.63, 3.8) is 0 Å². The number of thioether (sulfide) groups is 2. The van der Waals surface area contributed by atoms with Crippen molar-refractivity contribution in [2.45, 2.75) is 100 Å². The Balaban J connectivity index is 1.79. The Morgan fingerprint density at radius 2 is 1.88 bits per heavy atom. The summed E-state index contributed by atoms with van der Waals surface area (Å²) in [5.41, 5.74) is 0. The first kappa shape index (κ1) is 20.2. The van der Waals surface area contributed by atoms with E-state index in [0.29, 0.717) is 4.08 Å². The van der Waals surface area contributed by atoms with Crippen LogP contribution in [0, 0.1) is 0 Å². The topological polar surface area (TPSA) is 17.8 Å². The first-order valence-corrected chi connectivity index (χ1v) is 11.9. The van der Waals surface area contributed by atoms with Crippen molar-refractivity contribution < 1.29 is 0 Å². The second-order valence-corrected chi connectivity index (χ2v) is 10.5. The van der Waals surface area contributed by atoms with Crippen LogP contribution in [0.15, 0.2) is 18.7 Å². The lowest BCUT2D eigenvalue weighted by Gasteiger charge is -2.40. The first-order valence-electron chi connectivity index (χ1n) is 10.1. The molecule has 1 aromatic rings. The molecular formula is C20H36N2S2. The molecule has 24 heavy (non-hydrogen) atoms. The lowest BCUT2D eigenvalue weighted by atomic mass is 10.1. The zero-order valence-electron chi connectivity index (χ0n) is 15.7. The third-order valence-electron chi connectivity index (χ3n) is 5.09. The molecule has 4 heteroatoms. The molecule has 2 atom stereocenters. The van der Waals surface area contributed by atoms with E-state index < -0.39 is 0 Å². The van der Waals surface area contributed by atoms with Crippen LogP contribution in [0.3, 0.4) is 0 Å². The fraction of sp³-hybridized carbons (Fsp3) is 0.850. The summed E-state index contributed by atoms with van der Waals surface area (Å²) in [6.07, 6.45) is 21.2. The maximum Gasteiger partial charge on any atom is 0.0945 e. The Hall–Kier alpha value is -0.0900. The zero-order chi connectivity index (χ0) is 17.1. The minimum atomic E-state index is 0.490. The summed E-state index contributed by atoms with van der Waals surface area (Å²) in [7, 11) is 0. The summed E-state index contributed by atoms with van der Waals surface area (Å²) < 4.78 is 2.72. The van der Waals surface area contributed by atoms with Crippen LogP contribution in [-0.2, 0) is 6.54 Å². The molecule has 1 saturated heterocycles. The lowest BCUT2D eigenvalue weighted by Crippen LogP contribution is -2.29. The molecule has 2 heterocycles. The predicted octanol–water partition coefficient (Wildman–Crippen LogP) is 6.76. The number of aryl methyl sites for hydroxylation is 1. The highest BCUT2D eigenvalue weighted by Crippen LogP contribution is 2.52. The highest BCUT2D eigenvalue weighted by Gasteiger charge is 2.36. The summed E-state index contributed by atoms with van der Waals surface area (Å²) in [6.45, 7) is 5.79. The van der Waals surface area contributed by atoms with Crippen LogP contribution in [0.5, 0.6) is 0 Å². The van der Waals surface area contributed by atoms with Gasteiger partial charge in [0, 0.05) is 24.2 Å². The number of unbranched alkanes of at least 4 members (excludes halogenated alkanes) is 5. The van der Waals surface area contributed by atoms with Gasteiger partial charge in [0.15, 0.2) is 0 Å². The molecule has 0 aliphatic carbocycles. The highest BCUT2D eigenvalue weighted by molar-refractivity contribution is 8.19. The van der Waals surface area contributed by atoms with Gasteiger partial charge in [0.25, 0.3) is 0 Å². The van der Waals surface area contributed by atoms with Gasteiger partial charge >= 0.3 is 0 Å². The number of hydrogen-bond donors (Lipinski definition) is 0. The van der Waals surface area contributed by atoms with Crippen molar-refractivity contribution in [2.24, 2.45) is 0 Å². The van der Waals surface area contributed by atoms with Gasteiger partial charge in [-0.2, -0.15) is 0 Å². The van der Waals surface area contributed by atoms with E-state index in [1.807, 2.05) is 12.5 Å². The van der Waals surface area contributed by atoms with Crippen LogP contribution in [-0.4, -0.2) is 24.6 Å². The lowest BCUT2D eigenvalue weighted by molar-refractivity contribution is 0.519. The molecule has 0 bridgehead atoms. The minimum Gasteiger partial charge on any atom is -0.337 e. The van der Waals surface area contributed by atoms with Gasteiger partial charge < -0.3 is 4.57 Å². The van der Waals surface area contributed by atoms with Crippen LogP contribution in [0.2, 0.25) is 0 Å². The molecule has 0 spiro atoms. The highest BCUT2D eigenvalue weighted by atomic mass is 32.2. The molecule has 0 saturated carbocycles. The molecule has 2 rings (SSSR count). The van der Waals surface area contributed by atoms with E-state index in [9.17, 15) is 0 Å². The molecule has 0 amide bonds. The fourth-order valence-corrected chi connectivity index (χ4v) is 7.54. The predicted molar refractivity (Wildman–Crippen MR) is 111 cm³/mol. The average molecular weight is 369 g/mol. The summed E-state index contributed by atoms with van der Waals surface area (Å²) in [4.78, 5) is 4.17. The van der Waals surface area contributed by atoms with Gasteiger partial charge in [-0.05, 0) is 37.9 Å². The van der Waals surface area contributed by atoms with Crippen LogP contribution >= 0.6 is 23.5 Å². The Morgan fingerprint density at radius 1 is 1.08 bits per heavy atom. The van der Waals surface area contributed by atoms with Crippen molar-refractivity contribution >= 4 is 23.5 Å². The van der Waals surface area contributed by atoms with Crippen molar-refractivity contribution in [3.8, 4) is 0 Å². The monoisotopic (exact) mass is 368 g/mol. The maximum absolute atomic E-state index is 4.17. The Labute approximate surface area is 158 Å². The van der Waals surface area contributed by atoms with Crippen molar-refractivity contribution in [1.82, 2.24) is 9.55 Å². The van der Waals surface area contributed by atoms with Gasteiger partial charge in [0.2, 0.25) is 0 Å². The Morgan fingerprint density at radius 3 is 2.62 bits per heavy atom. The molecule has 1 aliphatic rings. The fourth-order valence-electron chi connectivity index (χ4n) is 3.57. The van der Waals surface area contributed by atoms with E-state index in [1.54, 1.807) is 0 Å². The van der Waals surface area contributed by atoms with E-state index in [0.717, 1.165) is 11.8 Å². The SMILES string of the molecule is CCCCCCCCC1(CCCn2ccnc2)SCCC(CC)S1. The van der Waals surface area contributed by atoms with Gasteiger partial charge in [0.1, 0.15) is 0 Å². The minimum absolute atomic E-state index is 0.490. The first-order chi connectivity index (χ1) is 11.8. The summed E-state index contributed by atoms with van der Waals surface area (Å²) >= 11 is 4.60. The largest absolute Gasteiger partial charge is 0.337 e. The van der Waals surface area contributed by atoms with E-state index in [-0.39, 0.29) is 0 Å². The number of aromatic nitrogens is 2. The number of rotatable bonds is 12. The zero-order valence-corrected chi connectivity index (χ0v) is 17.3. The Kier molecular flexibility index (Phi) is 9.70. The molecule has 138 valence electrons. The second kappa shape index (κ2) is 11.5. The van der Waals surface area contributed by atoms with Crippen LogP contribution < -0.4 is 0 Å². The van der Waals surface area contributed by atoms with E-state index in [2.05, 4.69) is 53.1 Å². The third-order valence-corrected chi connectivity index (χ3v) is 8.84. The van der Waals surface area contributed by atoms with Crippen molar-refractivity contribution in [3.05, 3.63) is 18.7 Å². The molecule has 2 nitrogen and oxygen atoms in total. The molecular weight excluding hydrogens is 332 g/mol. The molecule has 1 aliphatic heterocycles. The molecule has 0 radical (unpaired) electrons. The number of imidazole rings is 1. The van der Waals surface area contributed by atoms with Gasteiger partial charge in [0.05, 0.1) is 10.4 Å². The molecule has 0 aromatic carbocycles. The molecule has 1 aromatic heterocycles. The van der Waals surface area contributed by atoms with Crippen LogP contribution in [0.25, 0.3) is 0 Å². The average Bonchev–Trinajstić information content (AvgIpc) is 3.12. The second-order valence-electron chi connectivity index (χ2n) is 7.12. The normalized spacial score (nSPS) is 24.3. The van der Waals surface area contributed by atoms with Gasteiger partial charge in [-0.15, -0.1) is 23.5 Å². The quantitative estimate of drug-likeness (QED) is 0.380. The van der Waals surface area contributed by atoms with E-state index in [1.165, 1.54) is 76.4 Å². The summed E-state index contributed by atoms with van der Waals surface area (Å²) in [5, 5.41) is 0.889. The molecule has 0 N–H and O–H groups in total. The molecule has 1 fully saturated rings. The van der Waals surface area contributed by atoms with Crippen molar-refractivity contribution in [2.75, 3.05) is 5.75 Å². The van der Waals surface area contributed by atoms with E-state index in [4.69, 9.17) is 0 Å². The number of hydrogen-bond acceptors (Lipinski definition) is 3. The third kappa shape index (κ3) is 7.03. The maximum atomic E-state index is 4.17. The number of nitrogens with zero attached hydrogens (tertiary/aromatic N) is 2. The summed E-state index contributed by atoms with van der Waals surface area (Å²) in [5.74, 6) is 1.37. The molecule has 2 unspecified atom stereocenters. The smallest absolute Gasteiger partial charge is 0.0945 e. The van der Waals surface area contributed by atoms with Crippen molar-refractivity contribution in [1.29, 1.82) is 0 Å². The Bertz CT molecular complexity index is 421. The van der Waals surface area contributed by atoms with Crippen LogP contribution in [0.4, 0.5) is 0 Å². The van der Waals surface area contributed by atoms with Gasteiger partial charge in [-0.1, -0.05) is 52.4 Å². The van der Waals surface area contributed by atoms with E-state index >= 15 is 0 Å².